The fourth-order valence-electron chi connectivity index (χ4n) is 5.05. The van der Waals surface area contributed by atoms with Crippen LogP contribution in [0, 0.1) is 17.2 Å². The van der Waals surface area contributed by atoms with Crippen molar-refractivity contribution >= 4 is 24.8 Å². The van der Waals surface area contributed by atoms with E-state index in [-0.39, 0.29) is 29.4 Å². The molecule has 2 N–H and O–H groups in total. The average molecular weight is 729 g/mol. The minimum absolute atomic E-state index is 0.149. The first-order chi connectivity index (χ1) is 24.5. The number of hydrogen-bond donors (Lipinski definition) is 2. The highest BCUT2D eigenvalue weighted by Gasteiger charge is 2.51. The van der Waals surface area contributed by atoms with Gasteiger partial charge >= 0.3 is 19.3 Å². The molecule has 1 fully saturated rings. The van der Waals surface area contributed by atoms with E-state index >= 15 is 0 Å². The van der Waals surface area contributed by atoms with E-state index in [1.807, 2.05) is 124 Å². The Morgan fingerprint density at radius 3 is 1.68 bits per heavy atom. The number of ether oxygens (including phenoxy) is 2. The number of amides is 2. The summed E-state index contributed by atoms with van der Waals surface area (Å²) in [6.45, 7) is 24.6. The number of nitrogens with one attached hydrogen (secondary N) is 2. The first kappa shape index (κ1) is 42.8. The Balaban J connectivity index is 0.000000290. The van der Waals surface area contributed by atoms with Gasteiger partial charge in [-0.25, -0.2) is 9.59 Å². The summed E-state index contributed by atoms with van der Waals surface area (Å²) in [5.74, 6) is 0.481. The van der Waals surface area contributed by atoms with Crippen molar-refractivity contribution in [3.63, 3.8) is 0 Å². The third-order valence-corrected chi connectivity index (χ3v) is 8.67. The van der Waals surface area contributed by atoms with Crippen LogP contribution in [-0.4, -0.2) is 46.3 Å². The molecule has 0 unspecified atom stereocenters. The van der Waals surface area contributed by atoms with E-state index in [1.54, 1.807) is 10.8 Å². The number of alkyl carbamates (subject to hydrolysis) is 2. The minimum Gasteiger partial charge on any atom is -0.444 e. The Bertz CT molecular complexity index is 1780. The lowest BCUT2D eigenvalue weighted by Crippen LogP contribution is -2.41. The largest absolute Gasteiger partial charge is 0.494 e. The Kier molecular flexibility index (Phi) is 14.1. The van der Waals surface area contributed by atoms with Crippen molar-refractivity contribution in [2.75, 3.05) is 0 Å². The second-order valence-corrected chi connectivity index (χ2v) is 16.6. The van der Waals surface area contributed by atoms with Gasteiger partial charge in [0.05, 0.1) is 11.2 Å². The molecule has 12 heteroatoms. The number of nitriles is 1. The van der Waals surface area contributed by atoms with Gasteiger partial charge in [-0.1, -0.05) is 62.4 Å². The summed E-state index contributed by atoms with van der Waals surface area (Å²) in [7, 11) is -0.372. The molecule has 286 valence electrons. The summed E-state index contributed by atoms with van der Waals surface area (Å²) in [5.41, 5.74) is 2.39. The van der Waals surface area contributed by atoms with Crippen molar-refractivity contribution in [2.24, 2.45) is 5.92 Å². The Morgan fingerprint density at radius 1 is 0.811 bits per heavy atom. The number of nitrogens with zero attached hydrogens (tertiary/aromatic N) is 2. The maximum Gasteiger partial charge on any atom is 0.494 e. The molecule has 1 aliphatic heterocycles. The second-order valence-electron chi connectivity index (χ2n) is 16.6. The monoisotopic (exact) mass is 728 g/mol. The predicted molar refractivity (Wildman–Crippen MR) is 209 cm³/mol. The van der Waals surface area contributed by atoms with Gasteiger partial charge in [0, 0.05) is 31.4 Å². The van der Waals surface area contributed by atoms with E-state index in [0.717, 1.165) is 28.6 Å². The number of pyridine rings is 1. The third kappa shape index (κ3) is 13.1. The first-order valence-electron chi connectivity index (χ1n) is 18.1. The van der Waals surface area contributed by atoms with Gasteiger partial charge in [0.2, 0.25) is 0 Å². The van der Waals surface area contributed by atoms with E-state index < -0.39 is 23.4 Å². The molecule has 0 aliphatic carbocycles. The van der Waals surface area contributed by atoms with Crippen LogP contribution in [0.15, 0.2) is 65.6 Å². The van der Waals surface area contributed by atoms with Crippen LogP contribution in [0.3, 0.4) is 0 Å². The van der Waals surface area contributed by atoms with Crippen LogP contribution in [0.25, 0.3) is 11.1 Å². The molecule has 2 amide bonds. The summed E-state index contributed by atoms with van der Waals surface area (Å²) < 4.78 is 24.1. The van der Waals surface area contributed by atoms with Gasteiger partial charge in [0.1, 0.15) is 22.8 Å². The van der Waals surface area contributed by atoms with E-state index in [1.165, 1.54) is 0 Å². The van der Waals surface area contributed by atoms with E-state index in [0.29, 0.717) is 31.1 Å². The van der Waals surface area contributed by atoms with Gasteiger partial charge in [0.25, 0.3) is 5.56 Å². The van der Waals surface area contributed by atoms with Crippen molar-refractivity contribution in [2.45, 2.75) is 132 Å². The van der Waals surface area contributed by atoms with Gasteiger partial charge in [0.15, 0.2) is 0 Å². The number of carbonyl (C=O) groups excluding carboxylic acids is 2. The zero-order chi connectivity index (χ0) is 39.8. The summed E-state index contributed by atoms with van der Waals surface area (Å²) in [6, 6.07) is 19.1. The minimum atomic E-state index is -0.545. The van der Waals surface area contributed by atoms with Crippen LogP contribution in [0.4, 0.5) is 9.59 Å². The maximum atomic E-state index is 12.6. The highest BCUT2D eigenvalue weighted by atomic mass is 16.7. The molecular formula is C41H57BN4O7. The van der Waals surface area contributed by atoms with Crippen molar-refractivity contribution in [3.05, 3.63) is 87.8 Å². The van der Waals surface area contributed by atoms with E-state index in [9.17, 15) is 19.6 Å². The van der Waals surface area contributed by atoms with Crippen LogP contribution >= 0.6 is 0 Å². The molecule has 4 rings (SSSR count). The summed E-state index contributed by atoms with van der Waals surface area (Å²) in [6.07, 6.45) is 1.73. The molecule has 0 radical (unpaired) electrons. The van der Waals surface area contributed by atoms with Gasteiger partial charge in [-0.2, -0.15) is 5.26 Å². The molecule has 0 bridgehead atoms. The lowest BCUT2D eigenvalue weighted by atomic mass is 9.79. The number of hydrogen-bond acceptors (Lipinski definition) is 8. The third-order valence-electron chi connectivity index (χ3n) is 8.67. The fraction of sp³-hybridized carbons (Fsp3) is 0.512. The van der Waals surface area contributed by atoms with E-state index in [4.69, 9.17) is 18.8 Å². The SMILES string of the molecule is CC(C)(C)OC(=O)NCc1ccc(B2OC(C)(C)C(C)(C)O2)cc1.CC(C)CCn1ccc(-c2ccc(CNC(=O)OC(C)(C)C)cc2)c(C#N)c1=O. The highest BCUT2D eigenvalue weighted by Crippen LogP contribution is 2.36. The van der Waals surface area contributed by atoms with Crippen LogP contribution in [0.5, 0.6) is 0 Å². The Labute approximate surface area is 315 Å². The summed E-state index contributed by atoms with van der Waals surface area (Å²) >= 11 is 0. The van der Waals surface area contributed by atoms with Gasteiger partial charge in [-0.3, -0.25) is 4.79 Å². The molecule has 1 aromatic heterocycles. The molecule has 0 saturated carbocycles. The summed E-state index contributed by atoms with van der Waals surface area (Å²) in [4.78, 5) is 36.1. The zero-order valence-electron chi connectivity index (χ0n) is 33.5. The van der Waals surface area contributed by atoms with Crippen LogP contribution in [0.1, 0.15) is 106 Å². The molecule has 1 aliphatic rings. The number of aromatic nitrogens is 1. The number of rotatable bonds is 9. The molecule has 3 aromatic rings. The van der Waals surface area contributed by atoms with Gasteiger partial charge in [-0.05, 0) is 110 Å². The van der Waals surface area contributed by atoms with Crippen molar-refractivity contribution in [1.82, 2.24) is 15.2 Å². The van der Waals surface area contributed by atoms with Crippen LogP contribution in [0.2, 0.25) is 0 Å². The highest BCUT2D eigenvalue weighted by molar-refractivity contribution is 6.62. The molecular weight excluding hydrogens is 671 g/mol. The molecule has 0 spiro atoms. The molecule has 11 nitrogen and oxygen atoms in total. The first-order valence-corrected chi connectivity index (χ1v) is 18.1. The van der Waals surface area contributed by atoms with Gasteiger partial charge in [-0.15, -0.1) is 0 Å². The molecule has 2 heterocycles. The molecule has 2 aromatic carbocycles. The molecule has 53 heavy (non-hydrogen) atoms. The lowest BCUT2D eigenvalue weighted by Gasteiger charge is -2.32. The Morgan fingerprint density at radius 2 is 1.26 bits per heavy atom. The average Bonchev–Trinajstić information content (AvgIpc) is 3.27. The zero-order valence-corrected chi connectivity index (χ0v) is 33.5. The van der Waals surface area contributed by atoms with Gasteiger partial charge < -0.3 is 34.0 Å². The number of aryl methyl sites for hydroxylation is 1. The number of benzene rings is 2. The maximum absolute atomic E-state index is 12.6. The number of carbonyl (C=O) groups is 2. The molecule has 0 atom stereocenters. The predicted octanol–water partition coefficient (Wildman–Crippen LogP) is 7.47. The molecule has 1 saturated heterocycles. The lowest BCUT2D eigenvalue weighted by molar-refractivity contribution is 0.00578. The second kappa shape index (κ2) is 17.5. The van der Waals surface area contributed by atoms with Crippen LogP contribution < -0.4 is 21.7 Å². The Hall–Kier alpha value is -4.60. The van der Waals surface area contributed by atoms with Crippen molar-refractivity contribution in [3.8, 4) is 17.2 Å². The standard InChI is InChI=1S/C23H29N3O3.C18H28BNO4/c1-16(2)10-12-26-13-11-19(20(14-24)21(26)27)18-8-6-17(7-9-18)15-25-22(28)29-23(3,4)5;1-16(2,3)22-15(21)20-12-13-8-10-14(11-9-13)19-23-17(4,5)18(6,7)24-19/h6-9,11,13,16H,10,12,15H2,1-5H3,(H,25,28);8-11H,12H2,1-7H3,(H,20,21). The van der Waals surface area contributed by atoms with Crippen molar-refractivity contribution in [1.29, 1.82) is 5.26 Å². The van der Waals surface area contributed by atoms with Crippen LogP contribution in [-0.2, 0) is 38.4 Å². The topological polar surface area (TPSA) is 141 Å². The fourth-order valence-corrected chi connectivity index (χ4v) is 5.05. The normalized spacial score (nSPS) is 14.8. The smallest absolute Gasteiger partial charge is 0.444 e. The van der Waals surface area contributed by atoms with E-state index in [2.05, 4.69) is 30.6 Å². The summed E-state index contributed by atoms with van der Waals surface area (Å²) in [5, 5.41) is 15.0. The quantitative estimate of drug-likeness (QED) is 0.216. The van der Waals surface area contributed by atoms with Crippen molar-refractivity contribution < 1.29 is 28.4 Å².